The van der Waals surface area contributed by atoms with E-state index in [9.17, 15) is 13.6 Å². The number of esters is 1. The Bertz CT molecular complexity index is 489. The Labute approximate surface area is 123 Å². The second-order valence-electron chi connectivity index (χ2n) is 5.18. The molecule has 0 aliphatic carbocycles. The molecule has 0 atom stereocenters. The molecule has 0 N–H and O–H groups in total. The van der Waals surface area contributed by atoms with E-state index in [0.717, 1.165) is 38.3 Å². The summed E-state index contributed by atoms with van der Waals surface area (Å²) < 4.78 is 31.3. The molecule has 0 bridgehead atoms. The molecule has 1 saturated heterocycles. The van der Waals surface area contributed by atoms with Crippen LogP contribution in [-0.4, -0.2) is 55.6 Å². The number of methoxy groups -OCH3 is 1. The van der Waals surface area contributed by atoms with Crippen molar-refractivity contribution in [2.24, 2.45) is 0 Å². The minimum atomic E-state index is -0.414. The monoisotopic (exact) mass is 298 g/mol. The molecule has 0 spiro atoms. The third-order valence-electron chi connectivity index (χ3n) is 3.73. The summed E-state index contributed by atoms with van der Waals surface area (Å²) in [6, 6.07) is 3.54. The molecule has 0 aromatic heterocycles. The van der Waals surface area contributed by atoms with Crippen molar-refractivity contribution < 1.29 is 18.3 Å². The summed E-state index contributed by atoms with van der Waals surface area (Å²) in [4.78, 5) is 15.4. The van der Waals surface area contributed by atoms with Crippen molar-refractivity contribution in [2.75, 3.05) is 39.8 Å². The SMILES string of the molecule is COC(=O)CCN1CCN(Cc2cc(F)ccc2F)CC1. The Morgan fingerprint density at radius 1 is 1.19 bits per heavy atom. The predicted molar refractivity (Wildman–Crippen MR) is 74.7 cm³/mol. The van der Waals surface area contributed by atoms with Crippen molar-refractivity contribution >= 4 is 5.97 Å². The van der Waals surface area contributed by atoms with Gasteiger partial charge in [-0.1, -0.05) is 0 Å². The fourth-order valence-electron chi connectivity index (χ4n) is 2.43. The zero-order valence-electron chi connectivity index (χ0n) is 12.1. The highest BCUT2D eigenvalue weighted by atomic mass is 19.1. The number of benzene rings is 1. The summed E-state index contributed by atoms with van der Waals surface area (Å²) in [5.41, 5.74) is 0.387. The molecular weight excluding hydrogens is 278 g/mol. The number of piperazine rings is 1. The van der Waals surface area contributed by atoms with Gasteiger partial charge in [0, 0.05) is 44.8 Å². The molecule has 2 rings (SSSR count). The van der Waals surface area contributed by atoms with E-state index in [0.29, 0.717) is 25.1 Å². The molecule has 0 radical (unpaired) electrons. The first-order valence-electron chi connectivity index (χ1n) is 7.04. The largest absolute Gasteiger partial charge is 0.469 e. The van der Waals surface area contributed by atoms with E-state index in [1.54, 1.807) is 0 Å². The van der Waals surface area contributed by atoms with Crippen molar-refractivity contribution in [2.45, 2.75) is 13.0 Å². The highest BCUT2D eigenvalue weighted by Crippen LogP contribution is 2.14. The lowest BCUT2D eigenvalue weighted by atomic mass is 10.1. The van der Waals surface area contributed by atoms with Gasteiger partial charge in [-0.3, -0.25) is 9.69 Å². The molecule has 6 heteroatoms. The van der Waals surface area contributed by atoms with Crippen LogP contribution >= 0.6 is 0 Å². The van der Waals surface area contributed by atoms with Crippen molar-refractivity contribution in [3.8, 4) is 0 Å². The Morgan fingerprint density at radius 2 is 1.86 bits per heavy atom. The number of nitrogens with zero attached hydrogens (tertiary/aromatic N) is 2. The highest BCUT2D eigenvalue weighted by molar-refractivity contribution is 5.69. The first kappa shape index (κ1) is 15.9. The predicted octanol–water partition coefficient (Wildman–Crippen LogP) is 1.65. The van der Waals surface area contributed by atoms with Gasteiger partial charge in [0.2, 0.25) is 0 Å². The van der Waals surface area contributed by atoms with Gasteiger partial charge < -0.3 is 9.64 Å². The third-order valence-corrected chi connectivity index (χ3v) is 3.73. The number of hydrogen-bond acceptors (Lipinski definition) is 4. The number of carbonyl (C=O) groups excluding carboxylic acids is 1. The molecule has 1 aromatic carbocycles. The van der Waals surface area contributed by atoms with Gasteiger partial charge in [0.1, 0.15) is 11.6 Å². The van der Waals surface area contributed by atoms with E-state index in [2.05, 4.69) is 14.5 Å². The summed E-state index contributed by atoms with van der Waals surface area (Å²) in [6.45, 7) is 4.26. The molecule has 1 fully saturated rings. The van der Waals surface area contributed by atoms with E-state index < -0.39 is 5.82 Å². The second kappa shape index (κ2) is 7.47. The number of ether oxygens (including phenoxy) is 1. The van der Waals surface area contributed by atoms with E-state index in [1.807, 2.05) is 0 Å². The first-order chi connectivity index (χ1) is 10.1. The van der Waals surface area contributed by atoms with Crippen LogP contribution < -0.4 is 0 Å². The average molecular weight is 298 g/mol. The second-order valence-corrected chi connectivity index (χ2v) is 5.18. The maximum absolute atomic E-state index is 13.6. The summed E-state index contributed by atoms with van der Waals surface area (Å²) in [6.07, 6.45) is 0.384. The van der Waals surface area contributed by atoms with E-state index in [-0.39, 0.29) is 11.8 Å². The fourth-order valence-corrected chi connectivity index (χ4v) is 2.43. The lowest BCUT2D eigenvalue weighted by Crippen LogP contribution is -2.46. The lowest BCUT2D eigenvalue weighted by Gasteiger charge is -2.34. The van der Waals surface area contributed by atoms with E-state index in [4.69, 9.17) is 0 Å². The number of rotatable bonds is 5. The van der Waals surface area contributed by atoms with Crippen LogP contribution in [0.1, 0.15) is 12.0 Å². The van der Waals surface area contributed by atoms with Crippen LogP contribution in [0, 0.1) is 11.6 Å². The summed E-state index contributed by atoms with van der Waals surface area (Å²) >= 11 is 0. The Hall–Kier alpha value is -1.53. The fraction of sp³-hybridized carbons (Fsp3) is 0.533. The standard InChI is InChI=1S/C15H20F2N2O2/c1-21-15(20)4-5-18-6-8-19(9-7-18)11-12-10-13(16)2-3-14(12)17/h2-3,10H,4-9,11H2,1H3. The Morgan fingerprint density at radius 3 is 2.52 bits per heavy atom. The van der Waals surface area contributed by atoms with Gasteiger partial charge in [0.15, 0.2) is 0 Å². The van der Waals surface area contributed by atoms with Gasteiger partial charge >= 0.3 is 5.97 Å². The average Bonchev–Trinajstić information content (AvgIpc) is 2.50. The van der Waals surface area contributed by atoms with E-state index in [1.165, 1.54) is 13.2 Å². The van der Waals surface area contributed by atoms with Crippen LogP contribution in [0.4, 0.5) is 8.78 Å². The zero-order valence-corrected chi connectivity index (χ0v) is 12.1. The van der Waals surface area contributed by atoms with Gasteiger partial charge in [-0.15, -0.1) is 0 Å². The van der Waals surface area contributed by atoms with E-state index >= 15 is 0 Å². The van der Waals surface area contributed by atoms with Gasteiger partial charge in [0.25, 0.3) is 0 Å². The normalized spacial score (nSPS) is 16.9. The van der Waals surface area contributed by atoms with Crippen LogP contribution in [0.3, 0.4) is 0 Å². The minimum Gasteiger partial charge on any atom is -0.469 e. The molecule has 1 aliphatic heterocycles. The highest BCUT2D eigenvalue weighted by Gasteiger charge is 2.18. The number of hydrogen-bond donors (Lipinski definition) is 0. The van der Waals surface area contributed by atoms with Gasteiger partial charge in [-0.05, 0) is 18.2 Å². The third kappa shape index (κ3) is 4.75. The van der Waals surface area contributed by atoms with Crippen LogP contribution in [0.5, 0.6) is 0 Å². The maximum Gasteiger partial charge on any atom is 0.306 e. The molecule has 4 nitrogen and oxygen atoms in total. The minimum absolute atomic E-state index is 0.209. The van der Waals surface area contributed by atoms with Crippen LogP contribution in [0.2, 0.25) is 0 Å². The van der Waals surface area contributed by atoms with Crippen molar-refractivity contribution in [1.29, 1.82) is 0 Å². The molecule has 116 valence electrons. The molecule has 1 heterocycles. The summed E-state index contributed by atoms with van der Waals surface area (Å²) in [5, 5.41) is 0. The van der Waals surface area contributed by atoms with Crippen molar-refractivity contribution in [1.82, 2.24) is 9.80 Å². The first-order valence-corrected chi connectivity index (χ1v) is 7.04. The smallest absolute Gasteiger partial charge is 0.306 e. The lowest BCUT2D eigenvalue weighted by molar-refractivity contribution is -0.141. The van der Waals surface area contributed by atoms with Crippen molar-refractivity contribution in [3.05, 3.63) is 35.4 Å². The van der Waals surface area contributed by atoms with Crippen LogP contribution in [0.15, 0.2) is 18.2 Å². The van der Waals surface area contributed by atoms with Crippen molar-refractivity contribution in [3.63, 3.8) is 0 Å². The zero-order chi connectivity index (χ0) is 15.2. The van der Waals surface area contributed by atoms with Gasteiger partial charge in [-0.2, -0.15) is 0 Å². The molecule has 0 saturated carbocycles. The Balaban J connectivity index is 1.79. The van der Waals surface area contributed by atoms with Crippen LogP contribution in [0.25, 0.3) is 0 Å². The number of halogens is 2. The van der Waals surface area contributed by atoms with Crippen LogP contribution in [-0.2, 0) is 16.1 Å². The molecule has 1 aromatic rings. The van der Waals surface area contributed by atoms with Gasteiger partial charge in [0.05, 0.1) is 13.5 Å². The number of carbonyl (C=O) groups is 1. The maximum atomic E-state index is 13.6. The molecule has 0 unspecified atom stereocenters. The molecular formula is C15H20F2N2O2. The Kier molecular flexibility index (Phi) is 5.64. The quantitative estimate of drug-likeness (QED) is 0.774. The van der Waals surface area contributed by atoms with Gasteiger partial charge in [-0.25, -0.2) is 8.78 Å². The molecule has 21 heavy (non-hydrogen) atoms. The molecule has 1 aliphatic rings. The molecule has 0 amide bonds. The summed E-state index contributed by atoms with van der Waals surface area (Å²) in [5.74, 6) is -0.994. The topological polar surface area (TPSA) is 32.8 Å². The summed E-state index contributed by atoms with van der Waals surface area (Å²) in [7, 11) is 1.38.